The summed E-state index contributed by atoms with van der Waals surface area (Å²) >= 11 is 0. The van der Waals surface area contributed by atoms with Gasteiger partial charge in [0.05, 0.1) is 5.41 Å². The quantitative estimate of drug-likeness (QED) is 0.639. The number of fused-ring (bicyclic) bond motifs is 2. The molecule has 0 saturated heterocycles. The van der Waals surface area contributed by atoms with E-state index in [-0.39, 0.29) is 11.6 Å². The molecule has 0 spiro atoms. The molecule has 1 aromatic heterocycles. The third kappa shape index (κ3) is 0.784. The summed E-state index contributed by atoms with van der Waals surface area (Å²) in [7, 11) is 0. The second kappa shape index (κ2) is 2.23. The van der Waals surface area contributed by atoms with Crippen molar-refractivity contribution in [2.75, 3.05) is 0 Å². The highest BCUT2D eigenvalue weighted by Crippen LogP contribution is 2.48. The maximum atomic E-state index is 12.0. The molecule has 3 heteroatoms. The average Bonchev–Trinajstić information content (AvgIpc) is 2.62. The number of aromatic nitrogens is 1. The van der Waals surface area contributed by atoms with Gasteiger partial charge in [-0.3, -0.25) is 9.59 Å². The molecular formula is C12H13NO2. The Hall–Kier alpha value is -1.38. The van der Waals surface area contributed by atoms with E-state index in [4.69, 9.17) is 0 Å². The number of carbonyl (C=O) groups excluding carboxylic acids is 2. The van der Waals surface area contributed by atoms with E-state index in [1.807, 2.05) is 36.7 Å². The van der Waals surface area contributed by atoms with E-state index < -0.39 is 11.0 Å². The van der Waals surface area contributed by atoms with E-state index in [2.05, 4.69) is 0 Å². The number of Topliss-reactive ketones (excluding diaryl/α,β-unsaturated/α-hetero) is 2. The number of nitrogens with zero attached hydrogens (tertiary/aromatic N) is 1. The Labute approximate surface area is 88.1 Å². The zero-order chi connectivity index (χ0) is 10.8. The fraction of sp³-hybridized carbons (Fsp3) is 0.500. The van der Waals surface area contributed by atoms with Gasteiger partial charge in [-0.2, -0.15) is 0 Å². The number of carbonyl (C=O) groups is 2. The molecule has 15 heavy (non-hydrogen) atoms. The first-order chi connectivity index (χ1) is 6.98. The molecule has 0 aromatic carbocycles. The van der Waals surface area contributed by atoms with Crippen molar-refractivity contribution < 1.29 is 9.59 Å². The van der Waals surface area contributed by atoms with Gasteiger partial charge in [0.1, 0.15) is 11.3 Å². The molecule has 2 unspecified atom stereocenters. The Kier molecular flexibility index (Phi) is 1.32. The van der Waals surface area contributed by atoms with Crippen molar-refractivity contribution in [3.8, 4) is 0 Å². The molecule has 0 N–H and O–H groups in total. The van der Waals surface area contributed by atoms with Crippen molar-refractivity contribution in [2.45, 2.75) is 37.6 Å². The Morgan fingerprint density at radius 1 is 1.20 bits per heavy atom. The summed E-state index contributed by atoms with van der Waals surface area (Å²) in [6.45, 7) is 3.76. The first kappa shape index (κ1) is 8.89. The number of hydrogen-bond donors (Lipinski definition) is 0. The van der Waals surface area contributed by atoms with Crippen LogP contribution in [-0.4, -0.2) is 16.1 Å². The SMILES string of the molecule is CC12CC(=O)C(C)(CC1=O)n1cccc12. The topological polar surface area (TPSA) is 39.1 Å². The van der Waals surface area contributed by atoms with Crippen LogP contribution in [0.15, 0.2) is 18.3 Å². The molecule has 3 nitrogen and oxygen atoms in total. The van der Waals surface area contributed by atoms with E-state index in [0.717, 1.165) is 5.69 Å². The van der Waals surface area contributed by atoms with Crippen LogP contribution in [0.5, 0.6) is 0 Å². The Morgan fingerprint density at radius 3 is 2.67 bits per heavy atom. The van der Waals surface area contributed by atoms with Gasteiger partial charge in [0.2, 0.25) is 0 Å². The summed E-state index contributed by atoms with van der Waals surface area (Å²) in [6, 6.07) is 3.88. The smallest absolute Gasteiger partial charge is 0.160 e. The van der Waals surface area contributed by atoms with Crippen LogP contribution in [0.2, 0.25) is 0 Å². The van der Waals surface area contributed by atoms with Gasteiger partial charge in [0.15, 0.2) is 5.78 Å². The average molecular weight is 203 g/mol. The fourth-order valence-electron chi connectivity index (χ4n) is 2.93. The Balaban J connectivity index is 2.38. The summed E-state index contributed by atoms with van der Waals surface area (Å²) < 4.78 is 1.99. The van der Waals surface area contributed by atoms with E-state index in [1.165, 1.54) is 0 Å². The normalized spacial score (nSPS) is 38.3. The molecule has 1 fully saturated rings. The lowest BCUT2D eigenvalue weighted by atomic mass is 9.62. The van der Waals surface area contributed by atoms with Crippen LogP contribution >= 0.6 is 0 Å². The molecule has 1 aromatic rings. The third-order valence-corrected chi connectivity index (χ3v) is 4.08. The van der Waals surface area contributed by atoms with Crippen LogP contribution in [0.3, 0.4) is 0 Å². The second-order valence-corrected chi connectivity index (χ2v) is 5.07. The summed E-state index contributed by atoms with van der Waals surface area (Å²) in [5, 5.41) is 0. The van der Waals surface area contributed by atoms with Gasteiger partial charge >= 0.3 is 0 Å². The molecule has 0 amide bonds. The van der Waals surface area contributed by atoms with Gasteiger partial charge < -0.3 is 4.57 Å². The molecule has 3 aliphatic rings. The summed E-state index contributed by atoms with van der Waals surface area (Å²) in [4.78, 5) is 24.0. The molecule has 78 valence electrons. The predicted octanol–water partition coefficient (Wildman–Crippen LogP) is 1.41. The molecule has 1 aliphatic carbocycles. The van der Waals surface area contributed by atoms with Crippen molar-refractivity contribution >= 4 is 11.6 Å². The van der Waals surface area contributed by atoms with E-state index in [0.29, 0.717) is 12.8 Å². The van der Waals surface area contributed by atoms with E-state index >= 15 is 0 Å². The highest BCUT2D eigenvalue weighted by molar-refractivity contribution is 6.06. The molecular weight excluding hydrogens is 190 g/mol. The Morgan fingerprint density at radius 2 is 1.93 bits per heavy atom. The van der Waals surface area contributed by atoms with Crippen LogP contribution in [0, 0.1) is 0 Å². The molecule has 2 atom stereocenters. The minimum atomic E-state index is -0.617. The highest BCUT2D eigenvalue weighted by atomic mass is 16.1. The second-order valence-electron chi connectivity index (χ2n) is 5.07. The number of hydrogen-bond acceptors (Lipinski definition) is 2. The monoisotopic (exact) mass is 203 g/mol. The van der Waals surface area contributed by atoms with Crippen molar-refractivity contribution in [3.05, 3.63) is 24.0 Å². The van der Waals surface area contributed by atoms with Crippen LogP contribution < -0.4 is 0 Å². The lowest BCUT2D eigenvalue weighted by molar-refractivity contribution is -0.146. The lowest BCUT2D eigenvalue weighted by Gasteiger charge is -2.49. The summed E-state index contributed by atoms with van der Waals surface area (Å²) in [6.07, 6.45) is 2.63. The largest absolute Gasteiger partial charge is 0.337 e. The zero-order valence-corrected chi connectivity index (χ0v) is 8.91. The van der Waals surface area contributed by atoms with Gasteiger partial charge in [-0.15, -0.1) is 0 Å². The van der Waals surface area contributed by atoms with Crippen LogP contribution in [0.1, 0.15) is 32.4 Å². The summed E-state index contributed by atoms with van der Waals surface area (Å²) in [5.74, 6) is 0.393. The molecule has 1 saturated carbocycles. The van der Waals surface area contributed by atoms with Gasteiger partial charge in [-0.25, -0.2) is 0 Å². The van der Waals surface area contributed by atoms with Gasteiger partial charge in [-0.1, -0.05) is 0 Å². The van der Waals surface area contributed by atoms with Crippen molar-refractivity contribution in [1.82, 2.24) is 4.57 Å². The standard InChI is InChI=1S/C12H13NO2/c1-11-6-10(15)12(2,7-9(11)14)13-5-3-4-8(11)13/h3-5H,6-7H2,1-2H3. The van der Waals surface area contributed by atoms with Gasteiger partial charge in [-0.05, 0) is 26.0 Å². The fourth-order valence-corrected chi connectivity index (χ4v) is 2.93. The predicted molar refractivity (Wildman–Crippen MR) is 54.7 cm³/mol. The van der Waals surface area contributed by atoms with Crippen molar-refractivity contribution in [2.24, 2.45) is 0 Å². The van der Waals surface area contributed by atoms with Crippen molar-refractivity contribution in [3.63, 3.8) is 0 Å². The van der Waals surface area contributed by atoms with E-state index in [1.54, 1.807) is 0 Å². The number of rotatable bonds is 0. The molecule has 3 heterocycles. The minimum Gasteiger partial charge on any atom is -0.337 e. The van der Waals surface area contributed by atoms with Crippen LogP contribution in [0.25, 0.3) is 0 Å². The first-order valence-corrected chi connectivity index (χ1v) is 5.23. The highest BCUT2D eigenvalue weighted by Gasteiger charge is 2.57. The zero-order valence-electron chi connectivity index (χ0n) is 8.91. The van der Waals surface area contributed by atoms with Crippen LogP contribution in [-0.2, 0) is 20.5 Å². The molecule has 4 rings (SSSR count). The molecule has 2 bridgehead atoms. The Bertz CT molecular complexity index is 445. The molecule has 0 radical (unpaired) electrons. The lowest BCUT2D eigenvalue weighted by Crippen LogP contribution is -2.59. The van der Waals surface area contributed by atoms with Crippen LogP contribution in [0.4, 0.5) is 0 Å². The van der Waals surface area contributed by atoms with Gasteiger partial charge in [0, 0.05) is 24.7 Å². The van der Waals surface area contributed by atoms with Crippen molar-refractivity contribution in [1.29, 1.82) is 0 Å². The van der Waals surface area contributed by atoms with E-state index in [9.17, 15) is 9.59 Å². The molecule has 2 aliphatic heterocycles. The maximum Gasteiger partial charge on any atom is 0.160 e. The minimum absolute atomic E-state index is 0.188. The maximum absolute atomic E-state index is 12.0. The van der Waals surface area contributed by atoms with Gasteiger partial charge in [0.25, 0.3) is 0 Å². The first-order valence-electron chi connectivity index (χ1n) is 5.23. The summed E-state index contributed by atoms with van der Waals surface area (Å²) in [5.41, 5.74) is -0.188. The number of ketones is 2. The third-order valence-electron chi connectivity index (χ3n) is 4.08.